The van der Waals surface area contributed by atoms with Crippen LogP contribution in [0, 0.1) is 28.5 Å². The van der Waals surface area contributed by atoms with Gasteiger partial charge in [0.15, 0.2) is 11.0 Å². The topological polar surface area (TPSA) is 103 Å². The number of fused-ring (bicyclic) bond motifs is 3. The molecule has 222 valence electrons. The lowest BCUT2D eigenvalue weighted by molar-refractivity contribution is -0.134. The van der Waals surface area contributed by atoms with Gasteiger partial charge in [0, 0.05) is 34.6 Å². The molecule has 6 rings (SSSR count). The standard InChI is InChI=1S/C31H39Cl2FN4O3/c1-28(2)8-10-30(11-9-28)31(20-6-5-17(32)15-21(20)37-27(31)40)22(19-7-12-35-25(33)23(19)34)24(38-30)26(39)36-18-13-16(14-18)29(3,4)41/h5-7,12,15-16,18,20-22,24,38,41H,8-11,13-14H2,1-4H3,(H,36,39)(H,37,40)/t16-,18-,20?,21?,22-,24+,31+/m0/s1. The van der Waals surface area contributed by atoms with Crippen LogP contribution in [0.4, 0.5) is 4.39 Å². The zero-order chi connectivity index (χ0) is 29.5. The molecule has 2 aliphatic heterocycles. The van der Waals surface area contributed by atoms with Crippen molar-refractivity contribution in [3.05, 3.63) is 52.1 Å². The summed E-state index contributed by atoms with van der Waals surface area (Å²) >= 11 is 12.6. The van der Waals surface area contributed by atoms with Crippen molar-refractivity contribution in [2.45, 2.75) is 101 Å². The Morgan fingerprint density at radius 2 is 1.88 bits per heavy atom. The van der Waals surface area contributed by atoms with Gasteiger partial charge in [0.05, 0.1) is 23.1 Å². The van der Waals surface area contributed by atoms with Crippen molar-refractivity contribution in [1.29, 1.82) is 0 Å². The molecule has 10 heteroatoms. The molecular weight excluding hydrogens is 566 g/mol. The van der Waals surface area contributed by atoms with Crippen LogP contribution in [0.2, 0.25) is 5.15 Å². The van der Waals surface area contributed by atoms with Crippen molar-refractivity contribution in [2.75, 3.05) is 0 Å². The second-order valence-corrected chi connectivity index (χ2v) is 15.0. The Kier molecular flexibility index (Phi) is 6.93. The van der Waals surface area contributed by atoms with E-state index in [4.69, 9.17) is 23.2 Å². The summed E-state index contributed by atoms with van der Waals surface area (Å²) in [5.74, 6) is -2.30. The predicted octanol–water partition coefficient (Wildman–Crippen LogP) is 4.73. The predicted molar refractivity (Wildman–Crippen MR) is 156 cm³/mol. The number of amides is 2. The number of aromatic nitrogens is 1. The van der Waals surface area contributed by atoms with Crippen LogP contribution in [0.1, 0.15) is 77.7 Å². The highest BCUT2D eigenvalue weighted by molar-refractivity contribution is 6.31. The molecule has 0 bridgehead atoms. The van der Waals surface area contributed by atoms with Crippen LogP contribution >= 0.6 is 23.2 Å². The molecule has 7 nitrogen and oxygen atoms in total. The van der Waals surface area contributed by atoms with Crippen molar-refractivity contribution in [3.8, 4) is 0 Å². The number of pyridine rings is 1. The molecule has 2 saturated heterocycles. The van der Waals surface area contributed by atoms with Gasteiger partial charge in [-0.3, -0.25) is 14.9 Å². The number of hydrogen-bond acceptors (Lipinski definition) is 5. The molecule has 2 spiro atoms. The largest absolute Gasteiger partial charge is 0.390 e. The van der Waals surface area contributed by atoms with E-state index < -0.39 is 34.3 Å². The Bertz CT molecular complexity index is 1320. The van der Waals surface area contributed by atoms with Gasteiger partial charge in [-0.05, 0) is 87.5 Å². The first kappa shape index (κ1) is 29.1. The van der Waals surface area contributed by atoms with E-state index in [-0.39, 0.29) is 51.9 Å². The minimum atomic E-state index is -1.18. The fourth-order valence-corrected chi connectivity index (χ4v) is 8.78. The van der Waals surface area contributed by atoms with Gasteiger partial charge in [-0.2, -0.15) is 0 Å². The number of halogens is 3. The smallest absolute Gasteiger partial charge is 0.238 e. The van der Waals surface area contributed by atoms with Gasteiger partial charge in [-0.25, -0.2) is 9.37 Å². The second-order valence-electron chi connectivity index (χ2n) is 14.2. The Labute approximate surface area is 250 Å². The minimum absolute atomic E-state index is 0.0767. The summed E-state index contributed by atoms with van der Waals surface area (Å²) in [6, 6.07) is 0.193. The van der Waals surface area contributed by atoms with E-state index in [1.54, 1.807) is 26.0 Å². The van der Waals surface area contributed by atoms with E-state index in [0.29, 0.717) is 30.7 Å². The zero-order valence-corrected chi connectivity index (χ0v) is 25.5. The van der Waals surface area contributed by atoms with E-state index in [0.717, 1.165) is 12.8 Å². The molecule has 0 aromatic carbocycles. The van der Waals surface area contributed by atoms with Crippen LogP contribution in [-0.4, -0.2) is 51.2 Å². The maximum Gasteiger partial charge on any atom is 0.238 e. The summed E-state index contributed by atoms with van der Waals surface area (Å²) in [6.07, 6.45) is 11.4. The zero-order valence-electron chi connectivity index (χ0n) is 23.9. The number of rotatable bonds is 4. The molecule has 3 heterocycles. The van der Waals surface area contributed by atoms with Gasteiger partial charge in [0.2, 0.25) is 11.8 Å². The lowest BCUT2D eigenvalue weighted by Gasteiger charge is -2.52. The lowest BCUT2D eigenvalue weighted by Crippen LogP contribution is -2.61. The highest BCUT2D eigenvalue weighted by atomic mass is 35.5. The number of nitrogens with one attached hydrogen (secondary N) is 3. The summed E-state index contributed by atoms with van der Waals surface area (Å²) in [5.41, 5.74) is -2.48. The molecular formula is C31H39Cl2FN4O3. The molecule has 2 unspecified atom stereocenters. The third kappa shape index (κ3) is 4.47. The van der Waals surface area contributed by atoms with Crippen LogP contribution in [0.3, 0.4) is 0 Å². The Balaban J connectivity index is 1.47. The highest BCUT2D eigenvalue weighted by Gasteiger charge is 2.75. The Morgan fingerprint density at radius 1 is 1.20 bits per heavy atom. The summed E-state index contributed by atoms with van der Waals surface area (Å²) in [4.78, 5) is 32.7. The Hall–Kier alpha value is -2.00. The molecule has 2 saturated carbocycles. The monoisotopic (exact) mass is 604 g/mol. The molecule has 41 heavy (non-hydrogen) atoms. The van der Waals surface area contributed by atoms with E-state index in [1.165, 1.54) is 6.20 Å². The van der Waals surface area contributed by atoms with Crippen molar-refractivity contribution in [1.82, 2.24) is 20.9 Å². The van der Waals surface area contributed by atoms with Crippen molar-refractivity contribution in [2.24, 2.45) is 22.7 Å². The number of nitrogens with zero attached hydrogens (tertiary/aromatic N) is 1. The van der Waals surface area contributed by atoms with E-state index in [1.807, 2.05) is 12.2 Å². The van der Waals surface area contributed by atoms with E-state index >= 15 is 4.39 Å². The van der Waals surface area contributed by atoms with Crippen molar-refractivity contribution >= 4 is 35.0 Å². The van der Waals surface area contributed by atoms with Gasteiger partial charge in [0.25, 0.3) is 0 Å². The minimum Gasteiger partial charge on any atom is -0.390 e. The average molecular weight is 606 g/mol. The summed E-state index contributed by atoms with van der Waals surface area (Å²) in [6.45, 7) is 8.01. The SMILES string of the molecule is CC1(C)CCC2(CC1)N[C@@H](C(=O)N[C@H]1C[C@H](C(C)(C)O)C1)[C@H](c1ccnc(Cl)c1F)[C@]21C(=O)NC2C=C(Cl)C=CC21. The van der Waals surface area contributed by atoms with E-state index in [9.17, 15) is 14.7 Å². The van der Waals surface area contributed by atoms with Gasteiger partial charge in [-0.15, -0.1) is 0 Å². The van der Waals surface area contributed by atoms with Gasteiger partial charge in [-0.1, -0.05) is 43.1 Å². The molecule has 4 N–H and O–H groups in total. The fraction of sp³-hybridized carbons (Fsp3) is 0.645. The summed E-state index contributed by atoms with van der Waals surface area (Å²) < 4.78 is 16.0. The van der Waals surface area contributed by atoms with Crippen LogP contribution in [-0.2, 0) is 9.59 Å². The maximum absolute atomic E-state index is 16.0. The van der Waals surface area contributed by atoms with Crippen molar-refractivity contribution in [3.63, 3.8) is 0 Å². The first-order chi connectivity index (χ1) is 19.2. The number of carbonyl (C=O) groups excluding carboxylic acids is 2. The van der Waals surface area contributed by atoms with Crippen molar-refractivity contribution < 1.29 is 19.1 Å². The Morgan fingerprint density at radius 3 is 2.54 bits per heavy atom. The molecule has 4 fully saturated rings. The van der Waals surface area contributed by atoms with Crippen LogP contribution in [0.5, 0.6) is 0 Å². The molecule has 5 atom stereocenters. The normalized spacial score (nSPS) is 37.0. The average Bonchev–Trinajstić information content (AvgIpc) is 3.32. The number of aliphatic hydroxyl groups is 1. The van der Waals surface area contributed by atoms with E-state index in [2.05, 4.69) is 34.8 Å². The first-order valence-corrected chi connectivity index (χ1v) is 15.4. The summed E-state index contributed by atoms with van der Waals surface area (Å²) in [5, 5.41) is 20.7. The maximum atomic E-state index is 16.0. The molecule has 3 aliphatic carbocycles. The van der Waals surface area contributed by atoms with Gasteiger partial charge < -0.3 is 15.7 Å². The lowest BCUT2D eigenvalue weighted by atomic mass is 9.51. The fourth-order valence-electron chi connectivity index (χ4n) is 8.41. The van der Waals surface area contributed by atoms with Crippen LogP contribution in [0.15, 0.2) is 35.5 Å². The number of hydrogen-bond donors (Lipinski definition) is 4. The first-order valence-electron chi connectivity index (χ1n) is 14.7. The molecule has 1 aromatic rings. The van der Waals surface area contributed by atoms with Gasteiger partial charge in [0.1, 0.15) is 0 Å². The summed E-state index contributed by atoms with van der Waals surface area (Å²) in [7, 11) is 0. The highest BCUT2D eigenvalue weighted by Crippen LogP contribution is 2.66. The number of carbonyl (C=O) groups is 2. The molecule has 5 aliphatic rings. The second kappa shape index (κ2) is 9.76. The van der Waals surface area contributed by atoms with Gasteiger partial charge >= 0.3 is 0 Å². The number of allylic oxidation sites excluding steroid dienone is 2. The molecule has 2 amide bonds. The quantitative estimate of drug-likeness (QED) is 0.372. The molecule has 1 aromatic heterocycles. The third-order valence-corrected chi connectivity index (χ3v) is 11.4. The third-order valence-electron chi connectivity index (χ3n) is 10.9. The molecule has 0 radical (unpaired) electrons. The van der Waals surface area contributed by atoms with Crippen LogP contribution < -0.4 is 16.0 Å². The van der Waals surface area contributed by atoms with Crippen LogP contribution in [0.25, 0.3) is 0 Å².